The van der Waals surface area contributed by atoms with E-state index in [1.807, 2.05) is 0 Å². The molecule has 2 amide bonds. The van der Waals surface area contributed by atoms with Gasteiger partial charge in [0.2, 0.25) is 11.8 Å². The average molecular weight is 621 g/mol. The molecule has 0 aromatic heterocycles. The molecule has 11 heteroatoms. The largest absolute Gasteiger partial charge is 0.352 e. The highest BCUT2D eigenvalue weighted by atomic mass is 35.5. The molecule has 0 aliphatic heterocycles. The van der Waals surface area contributed by atoms with Gasteiger partial charge in [0, 0.05) is 17.6 Å². The molecule has 0 heterocycles. The first kappa shape index (κ1) is 30.8. The molecule has 1 unspecified atom stereocenters. The summed E-state index contributed by atoms with van der Waals surface area (Å²) in [5.41, 5.74) is 0.682. The van der Waals surface area contributed by atoms with Gasteiger partial charge < -0.3 is 10.2 Å². The van der Waals surface area contributed by atoms with E-state index in [0.29, 0.717) is 10.6 Å². The number of benzene rings is 3. The first-order valence-electron chi connectivity index (χ1n) is 13.4. The molecule has 1 aliphatic carbocycles. The second kappa shape index (κ2) is 13.7. The standard InChI is InChI=1S/C30H32Cl2FN3O4S/c1-21(30(38)34-24-11-4-2-5-12-24)35(19-22-9-8-10-23(31)17-22)29(37)20-36(25-15-16-28(33)27(32)18-25)41(39,40)26-13-6-3-7-14-26/h3,6-10,13-18,21,24H,2,4-5,11-12,19-20H2,1H3,(H,34,38). The smallest absolute Gasteiger partial charge is 0.264 e. The van der Waals surface area contributed by atoms with E-state index in [9.17, 15) is 22.4 Å². The van der Waals surface area contributed by atoms with Crippen molar-refractivity contribution in [3.63, 3.8) is 0 Å². The molecule has 0 bridgehead atoms. The molecule has 1 fully saturated rings. The fourth-order valence-corrected chi connectivity index (χ4v) is 6.69. The minimum Gasteiger partial charge on any atom is -0.352 e. The number of carbonyl (C=O) groups is 2. The van der Waals surface area contributed by atoms with Crippen molar-refractivity contribution in [2.45, 2.75) is 62.6 Å². The summed E-state index contributed by atoms with van der Waals surface area (Å²) in [7, 11) is -4.28. The molecule has 7 nitrogen and oxygen atoms in total. The van der Waals surface area contributed by atoms with Crippen LogP contribution in [-0.4, -0.2) is 43.8 Å². The van der Waals surface area contributed by atoms with Gasteiger partial charge in [-0.25, -0.2) is 12.8 Å². The second-order valence-electron chi connectivity index (χ2n) is 10.1. The number of hydrogen-bond donors (Lipinski definition) is 1. The van der Waals surface area contributed by atoms with Crippen LogP contribution in [0.2, 0.25) is 10.0 Å². The van der Waals surface area contributed by atoms with E-state index in [4.69, 9.17) is 23.2 Å². The molecular weight excluding hydrogens is 588 g/mol. The Hall–Kier alpha value is -3.14. The molecule has 0 spiro atoms. The number of hydrogen-bond acceptors (Lipinski definition) is 4. The maximum atomic E-state index is 14.0. The summed E-state index contributed by atoms with van der Waals surface area (Å²) in [4.78, 5) is 28.6. The van der Waals surface area contributed by atoms with E-state index in [1.165, 1.54) is 23.1 Å². The lowest BCUT2D eigenvalue weighted by Gasteiger charge is -2.33. The van der Waals surface area contributed by atoms with Gasteiger partial charge in [0.15, 0.2) is 0 Å². The molecule has 41 heavy (non-hydrogen) atoms. The average Bonchev–Trinajstić information content (AvgIpc) is 2.96. The SMILES string of the molecule is CC(C(=O)NC1CCCCC1)N(Cc1cccc(Cl)c1)C(=O)CN(c1ccc(F)c(Cl)c1)S(=O)(=O)c1ccccc1. The lowest BCUT2D eigenvalue weighted by Crippen LogP contribution is -2.53. The van der Waals surface area contributed by atoms with Crippen molar-refractivity contribution >= 4 is 50.7 Å². The van der Waals surface area contributed by atoms with Gasteiger partial charge >= 0.3 is 0 Å². The number of anilines is 1. The minimum atomic E-state index is -4.28. The molecule has 1 saturated carbocycles. The van der Waals surface area contributed by atoms with Crippen molar-refractivity contribution in [1.82, 2.24) is 10.2 Å². The van der Waals surface area contributed by atoms with Crippen molar-refractivity contribution in [3.8, 4) is 0 Å². The molecule has 1 N–H and O–H groups in total. The molecule has 0 saturated heterocycles. The van der Waals surface area contributed by atoms with Crippen LogP contribution in [0.1, 0.15) is 44.6 Å². The highest BCUT2D eigenvalue weighted by molar-refractivity contribution is 7.92. The van der Waals surface area contributed by atoms with E-state index in [0.717, 1.165) is 48.5 Å². The van der Waals surface area contributed by atoms with Crippen LogP contribution in [0.25, 0.3) is 0 Å². The number of amides is 2. The number of nitrogens with one attached hydrogen (secondary N) is 1. The fraction of sp³-hybridized carbons (Fsp3) is 0.333. The van der Waals surface area contributed by atoms with Gasteiger partial charge in [0.25, 0.3) is 10.0 Å². The third-order valence-electron chi connectivity index (χ3n) is 7.16. The monoisotopic (exact) mass is 619 g/mol. The highest BCUT2D eigenvalue weighted by Crippen LogP contribution is 2.28. The normalized spacial score (nSPS) is 14.7. The molecule has 1 atom stereocenters. The van der Waals surface area contributed by atoms with E-state index < -0.39 is 34.3 Å². The summed E-state index contributed by atoms with van der Waals surface area (Å²) in [6.45, 7) is 0.980. The Kier molecular flexibility index (Phi) is 10.3. The number of nitrogens with zero attached hydrogens (tertiary/aromatic N) is 2. The maximum absolute atomic E-state index is 14.0. The van der Waals surface area contributed by atoms with E-state index in [-0.39, 0.29) is 34.1 Å². The van der Waals surface area contributed by atoms with Crippen molar-refractivity contribution < 1.29 is 22.4 Å². The lowest BCUT2D eigenvalue weighted by molar-refractivity contribution is -0.139. The molecule has 218 valence electrons. The van der Waals surface area contributed by atoms with E-state index in [2.05, 4.69) is 5.32 Å². The van der Waals surface area contributed by atoms with Crippen LogP contribution >= 0.6 is 23.2 Å². The Labute approximate surface area is 250 Å². The van der Waals surface area contributed by atoms with Crippen LogP contribution < -0.4 is 9.62 Å². The summed E-state index contributed by atoms with van der Waals surface area (Å²) in [6, 6.07) is 17.1. The third-order valence-corrected chi connectivity index (χ3v) is 9.47. The molecular formula is C30H32Cl2FN3O4S. The van der Waals surface area contributed by atoms with Crippen molar-refractivity contribution in [1.29, 1.82) is 0 Å². The van der Waals surface area contributed by atoms with Gasteiger partial charge in [0.1, 0.15) is 18.4 Å². The second-order valence-corrected chi connectivity index (χ2v) is 12.8. The Morgan fingerprint density at radius 3 is 2.34 bits per heavy atom. The zero-order valence-electron chi connectivity index (χ0n) is 22.6. The molecule has 3 aromatic carbocycles. The number of sulfonamides is 1. The fourth-order valence-electron chi connectivity index (χ4n) is 4.87. The Morgan fingerprint density at radius 1 is 0.976 bits per heavy atom. The van der Waals surface area contributed by atoms with Crippen molar-refractivity contribution in [2.75, 3.05) is 10.8 Å². The van der Waals surface area contributed by atoms with Gasteiger partial charge in [-0.3, -0.25) is 13.9 Å². The van der Waals surface area contributed by atoms with Crippen LogP contribution in [0.5, 0.6) is 0 Å². The van der Waals surface area contributed by atoms with Crippen molar-refractivity contribution in [3.05, 3.63) is 94.2 Å². The Bertz CT molecular complexity index is 1480. The number of halogens is 3. The summed E-state index contributed by atoms with van der Waals surface area (Å²) in [5, 5.41) is 3.23. The summed E-state index contributed by atoms with van der Waals surface area (Å²) in [5.74, 6) is -1.68. The molecule has 4 rings (SSSR count). The van der Waals surface area contributed by atoms with Crippen LogP contribution in [-0.2, 0) is 26.2 Å². The van der Waals surface area contributed by atoms with E-state index >= 15 is 0 Å². The predicted molar refractivity (Wildman–Crippen MR) is 159 cm³/mol. The Balaban J connectivity index is 1.68. The van der Waals surface area contributed by atoms with Crippen LogP contribution in [0, 0.1) is 5.82 Å². The van der Waals surface area contributed by atoms with Crippen LogP contribution in [0.4, 0.5) is 10.1 Å². The summed E-state index contributed by atoms with van der Waals surface area (Å²) < 4.78 is 42.4. The molecule has 0 radical (unpaired) electrons. The molecule has 3 aromatic rings. The van der Waals surface area contributed by atoms with E-state index in [1.54, 1.807) is 49.4 Å². The minimum absolute atomic E-state index is 0.00983. The van der Waals surface area contributed by atoms with Crippen LogP contribution in [0.15, 0.2) is 77.7 Å². The van der Waals surface area contributed by atoms with Crippen LogP contribution in [0.3, 0.4) is 0 Å². The first-order valence-corrected chi connectivity index (χ1v) is 15.6. The number of rotatable bonds is 10. The molecule has 1 aliphatic rings. The zero-order valence-corrected chi connectivity index (χ0v) is 24.9. The topological polar surface area (TPSA) is 86.8 Å². The zero-order chi connectivity index (χ0) is 29.6. The lowest BCUT2D eigenvalue weighted by atomic mass is 9.95. The van der Waals surface area contributed by atoms with Gasteiger partial charge in [0.05, 0.1) is 15.6 Å². The summed E-state index contributed by atoms with van der Waals surface area (Å²) in [6.07, 6.45) is 4.92. The van der Waals surface area contributed by atoms with Gasteiger partial charge in [-0.05, 0) is 67.8 Å². The van der Waals surface area contributed by atoms with Gasteiger partial charge in [-0.1, -0.05) is 72.8 Å². The van der Waals surface area contributed by atoms with Gasteiger partial charge in [-0.2, -0.15) is 0 Å². The Morgan fingerprint density at radius 2 is 1.68 bits per heavy atom. The van der Waals surface area contributed by atoms with Gasteiger partial charge in [-0.15, -0.1) is 0 Å². The first-order chi connectivity index (χ1) is 19.6. The highest BCUT2D eigenvalue weighted by Gasteiger charge is 2.33. The number of carbonyl (C=O) groups excluding carboxylic acids is 2. The van der Waals surface area contributed by atoms with Crippen molar-refractivity contribution in [2.24, 2.45) is 0 Å². The summed E-state index contributed by atoms with van der Waals surface area (Å²) >= 11 is 12.2. The third kappa shape index (κ3) is 7.78. The predicted octanol–water partition coefficient (Wildman–Crippen LogP) is 6.19. The maximum Gasteiger partial charge on any atom is 0.264 e. The quantitative estimate of drug-likeness (QED) is 0.293.